The van der Waals surface area contributed by atoms with Gasteiger partial charge in [0.05, 0.1) is 0 Å². The number of amidine groups is 1. The summed E-state index contributed by atoms with van der Waals surface area (Å²) in [7, 11) is 0. The molecule has 0 atom stereocenters. The zero-order chi connectivity index (χ0) is 21.8. The SMILES string of the molecule is CCOc1ccc(/C=C2\N=C([Se]c3ccc(C)cc3)N(c3ccc(Cl)cc3)C2=O)cc1. The van der Waals surface area contributed by atoms with E-state index in [1.54, 1.807) is 17.0 Å². The third kappa shape index (κ3) is 5.08. The summed E-state index contributed by atoms with van der Waals surface area (Å²) >= 11 is 5.93. The number of anilines is 1. The Kier molecular flexibility index (Phi) is 6.57. The molecule has 1 amide bonds. The van der Waals surface area contributed by atoms with Gasteiger partial charge in [0, 0.05) is 0 Å². The number of rotatable bonds is 6. The van der Waals surface area contributed by atoms with Gasteiger partial charge in [0.2, 0.25) is 0 Å². The van der Waals surface area contributed by atoms with Crippen molar-refractivity contribution >= 4 is 53.4 Å². The van der Waals surface area contributed by atoms with E-state index in [1.165, 1.54) is 5.56 Å². The number of aliphatic imine (C=N–C) groups is 1. The van der Waals surface area contributed by atoms with Crippen LogP contribution in [0.2, 0.25) is 5.02 Å². The van der Waals surface area contributed by atoms with Gasteiger partial charge in [-0.05, 0) is 0 Å². The fourth-order valence-corrected chi connectivity index (χ4v) is 5.11. The Morgan fingerprint density at radius 3 is 2.32 bits per heavy atom. The quantitative estimate of drug-likeness (QED) is 0.363. The molecule has 6 heteroatoms. The zero-order valence-corrected chi connectivity index (χ0v) is 19.7. The van der Waals surface area contributed by atoms with Crippen LogP contribution in [0.25, 0.3) is 6.08 Å². The topological polar surface area (TPSA) is 41.9 Å². The molecule has 4 nitrogen and oxygen atoms in total. The first kappa shape index (κ1) is 21.4. The molecular weight excluding hydrogens is 475 g/mol. The molecule has 1 aliphatic rings. The number of amides is 1. The predicted molar refractivity (Wildman–Crippen MR) is 129 cm³/mol. The van der Waals surface area contributed by atoms with Crippen LogP contribution in [0.4, 0.5) is 5.69 Å². The normalized spacial score (nSPS) is 14.8. The van der Waals surface area contributed by atoms with E-state index in [0.29, 0.717) is 17.3 Å². The third-order valence-electron chi connectivity index (χ3n) is 4.64. The van der Waals surface area contributed by atoms with E-state index >= 15 is 0 Å². The van der Waals surface area contributed by atoms with Gasteiger partial charge in [-0.3, -0.25) is 0 Å². The second-order valence-corrected chi connectivity index (χ2v) is 9.58. The molecule has 0 bridgehead atoms. The number of halogens is 1. The molecule has 31 heavy (non-hydrogen) atoms. The van der Waals surface area contributed by atoms with Crippen molar-refractivity contribution in [3.8, 4) is 5.75 Å². The minimum atomic E-state index is -0.139. The summed E-state index contributed by atoms with van der Waals surface area (Å²) < 4.78 is 7.41. The van der Waals surface area contributed by atoms with Crippen molar-refractivity contribution in [1.82, 2.24) is 0 Å². The molecule has 0 N–H and O–H groups in total. The molecule has 1 aliphatic heterocycles. The second kappa shape index (κ2) is 9.52. The van der Waals surface area contributed by atoms with E-state index in [4.69, 9.17) is 21.3 Å². The fourth-order valence-electron chi connectivity index (χ4n) is 3.08. The van der Waals surface area contributed by atoms with Gasteiger partial charge < -0.3 is 0 Å². The van der Waals surface area contributed by atoms with Crippen molar-refractivity contribution in [1.29, 1.82) is 0 Å². The predicted octanol–water partition coefficient (Wildman–Crippen LogP) is 4.82. The van der Waals surface area contributed by atoms with Crippen LogP contribution in [0.15, 0.2) is 83.5 Å². The third-order valence-corrected chi connectivity index (χ3v) is 6.91. The van der Waals surface area contributed by atoms with Crippen molar-refractivity contribution < 1.29 is 9.53 Å². The molecule has 0 fully saturated rings. The Labute approximate surface area is 193 Å². The van der Waals surface area contributed by atoms with E-state index in [2.05, 4.69) is 31.2 Å². The summed E-state index contributed by atoms with van der Waals surface area (Å²) in [6.07, 6.45) is 1.82. The van der Waals surface area contributed by atoms with E-state index in [0.717, 1.165) is 26.2 Å². The summed E-state index contributed by atoms with van der Waals surface area (Å²) in [5.41, 5.74) is 3.28. The van der Waals surface area contributed by atoms with Crippen molar-refractivity contribution in [3.05, 3.63) is 94.6 Å². The van der Waals surface area contributed by atoms with Crippen LogP contribution in [0, 0.1) is 6.92 Å². The molecule has 0 radical (unpaired) electrons. The molecule has 4 rings (SSSR count). The monoisotopic (exact) mass is 496 g/mol. The average Bonchev–Trinajstić information content (AvgIpc) is 3.07. The minimum absolute atomic E-state index is 0.128. The van der Waals surface area contributed by atoms with Crippen LogP contribution in [0.3, 0.4) is 0 Å². The fraction of sp³-hybridized carbons (Fsp3) is 0.120. The molecular formula is C25H21ClN2O2Se. The summed E-state index contributed by atoms with van der Waals surface area (Å²) in [6.45, 7) is 4.62. The van der Waals surface area contributed by atoms with Gasteiger partial charge in [-0.2, -0.15) is 0 Å². The number of nitrogens with zero attached hydrogens (tertiary/aromatic N) is 2. The van der Waals surface area contributed by atoms with E-state index in [-0.39, 0.29) is 20.9 Å². The van der Waals surface area contributed by atoms with Gasteiger partial charge >= 0.3 is 194 Å². The molecule has 1 heterocycles. The van der Waals surface area contributed by atoms with Gasteiger partial charge in [-0.15, -0.1) is 0 Å². The number of hydrogen-bond donors (Lipinski definition) is 0. The van der Waals surface area contributed by atoms with Crippen molar-refractivity contribution in [3.63, 3.8) is 0 Å². The van der Waals surface area contributed by atoms with E-state index in [9.17, 15) is 4.79 Å². The maximum absolute atomic E-state index is 13.3. The first-order valence-electron chi connectivity index (χ1n) is 9.91. The van der Waals surface area contributed by atoms with Gasteiger partial charge in [0.15, 0.2) is 0 Å². The molecule has 0 unspecified atom stereocenters. The van der Waals surface area contributed by atoms with Crippen LogP contribution in [-0.2, 0) is 4.79 Å². The summed E-state index contributed by atoms with van der Waals surface area (Å²) in [4.78, 5) is 19.7. The van der Waals surface area contributed by atoms with Crippen LogP contribution < -0.4 is 14.1 Å². The molecule has 3 aromatic carbocycles. The van der Waals surface area contributed by atoms with Crippen molar-refractivity contribution in [2.75, 3.05) is 11.5 Å². The number of hydrogen-bond acceptors (Lipinski definition) is 3. The molecule has 0 aliphatic carbocycles. The molecule has 0 saturated heterocycles. The van der Waals surface area contributed by atoms with E-state index in [1.807, 2.05) is 49.4 Å². The van der Waals surface area contributed by atoms with Gasteiger partial charge in [-0.25, -0.2) is 0 Å². The van der Waals surface area contributed by atoms with Crippen molar-refractivity contribution in [2.45, 2.75) is 13.8 Å². The Bertz CT molecular complexity index is 1140. The second-order valence-electron chi connectivity index (χ2n) is 6.96. The summed E-state index contributed by atoms with van der Waals surface area (Å²) in [5.74, 6) is 0.664. The Morgan fingerprint density at radius 2 is 1.68 bits per heavy atom. The first-order valence-corrected chi connectivity index (χ1v) is 12.0. The Balaban J connectivity index is 1.68. The number of aryl methyl sites for hydroxylation is 1. The van der Waals surface area contributed by atoms with Gasteiger partial charge in [-0.1, -0.05) is 0 Å². The number of carbonyl (C=O) groups is 1. The number of benzene rings is 3. The molecule has 156 valence electrons. The maximum atomic E-state index is 13.3. The van der Waals surface area contributed by atoms with Gasteiger partial charge in [0.1, 0.15) is 0 Å². The molecule has 3 aromatic rings. The van der Waals surface area contributed by atoms with Crippen LogP contribution in [-0.4, -0.2) is 32.2 Å². The van der Waals surface area contributed by atoms with Gasteiger partial charge in [0.25, 0.3) is 0 Å². The summed E-state index contributed by atoms with van der Waals surface area (Å²) in [6, 6.07) is 23.3. The molecule has 0 spiro atoms. The van der Waals surface area contributed by atoms with Crippen LogP contribution in [0.5, 0.6) is 5.75 Å². The zero-order valence-electron chi connectivity index (χ0n) is 17.2. The Morgan fingerprint density at radius 1 is 1.00 bits per heavy atom. The Hall–Kier alpha value is -2.85. The summed E-state index contributed by atoms with van der Waals surface area (Å²) in [5, 5.41) is 0.628. The van der Waals surface area contributed by atoms with E-state index < -0.39 is 0 Å². The van der Waals surface area contributed by atoms with Crippen molar-refractivity contribution in [2.24, 2.45) is 4.99 Å². The first-order chi connectivity index (χ1) is 15.0. The van der Waals surface area contributed by atoms with Crippen LogP contribution in [0.1, 0.15) is 18.1 Å². The molecule has 0 aromatic heterocycles. The standard InChI is InChI=1S/C25H21ClN2O2Se/c1-3-30-21-12-6-18(7-13-21)16-23-24(29)28(20-10-8-19(26)9-11-20)25(27-23)31-22-14-4-17(2)5-15-22/h4-16H,3H2,1-2H3/b23-16-. The van der Waals surface area contributed by atoms with Crippen LogP contribution >= 0.6 is 11.6 Å². The number of ether oxygens (including phenoxy) is 1. The average molecular weight is 496 g/mol. The number of carbonyl (C=O) groups excluding carboxylic acids is 1. The molecule has 0 saturated carbocycles.